The second-order valence-electron chi connectivity index (χ2n) is 4.74. The van der Waals surface area contributed by atoms with E-state index in [0.717, 1.165) is 15.8 Å². The number of hydrogen-bond donors (Lipinski definition) is 1. The molecule has 2 rings (SSSR count). The van der Waals surface area contributed by atoms with E-state index in [4.69, 9.17) is 0 Å². The van der Waals surface area contributed by atoms with Crippen LogP contribution in [0, 0.1) is 6.92 Å². The van der Waals surface area contributed by atoms with Crippen molar-refractivity contribution in [2.75, 3.05) is 5.75 Å². The van der Waals surface area contributed by atoms with E-state index in [9.17, 15) is 4.79 Å². The van der Waals surface area contributed by atoms with E-state index < -0.39 is 0 Å². The molecule has 0 unspecified atom stereocenters. The van der Waals surface area contributed by atoms with Gasteiger partial charge in [-0.05, 0) is 32.9 Å². The minimum atomic E-state index is 0.0395. The van der Waals surface area contributed by atoms with Crippen LogP contribution in [0.4, 0.5) is 0 Å². The van der Waals surface area contributed by atoms with E-state index in [1.807, 2.05) is 32.9 Å². The summed E-state index contributed by atoms with van der Waals surface area (Å²) >= 11 is 1.49. The zero-order chi connectivity index (χ0) is 13.8. The summed E-state index contributed by atoms with van der Waals surface area (Å²) in [5.41, 5.74) is 2.04. The lowest BCUT2D eigenvalue weighted by Gasteiger charge is -2.09. The van der Waals surface area contributed by atoms with Crippen molar-refractivity contribution in [3.8, 4) is 0 Å². The molecule has 1 heterocycles. The van der Waals surface area contributed by atoms with Gasteiger partial charge in [-0.15, -0.1) is 11.8 Å². The molecule has 0 aliphatic heterocycles. The lowest BCUT2D eigenvalue weighted by atomic mass is 10.1. The predicted octanol–water partition coefficient (Wildman–Crippen LogP) is 2.55. The van der Waals surface area contributed by atoms with Crippen LogP contribution in [0.25, 0.3) is 10.9 Å². The Bertz CT molecular complexity index is 598. The van der Waals surface area contributed by atoms with Crippen LogP contribution < -0.4 is 5.32 Å². The molecule has 1 amide bonds. The Morgan fingerprint density at radius 3 is 2.95 bits per heavy atom. The normalized spacial score (nSPS) is 10.9. The van der Waals surface area contributed by atoms with Gasteiger partial charge in [0.1, 0.15) is 0 Å². The Morgan fingerprint density at radius 1 is 1.42 bits per heavy atom. The predicted molar refractivity (Wildman–Crippen MR) is 78.3 cm³/mol. The van der Waals surface area contributed by atoms with Crippen LogP contribution in [-0.2, 0) is 4.79 Å². The number of rotatable bonds is 4. The smallest absolute Gasteiger partial charge is 0.230 e. The maximum Gasteiger partial charge on any atom is 0.230 e. The number of benzene rings is 1. The molecule has 1 aromatic carbocycles. The maximum atomic E-state index is 11.7. The third-order valence-corrected chi connectivity index (χ3v) is 3.61. The Kier molecular flexibility index (Phi) is 4.37. The van der Waals surface area contributed by atoms with Crippen LogP contribution in [0.3, 0.4) is 0 Å². The Hall–Kier alpha value is -1.62. The van der Waals surface area contributed by atoms with Crippen molar-refractivity contribution in [2.24, 2.45) is 0 Å². The molecule has 0 bridgehead atoms. The number of aryl methyl sites for hydroxylation is 1. The highest BCUT2D eigenvalue weighted by Gasteiger charge is 2.08. The van der Waals surface area contributed by atoms with E-state index >= 15 is 0 Å². The SMILES string of the molecule is Cc1ccc2nncc(SCC(=O)NC(C)C)c2c1. The number of aromatic nitrogens is 2. The summed E-state index contributed by atoms with van der Waals surface area (Å²) < 4.78 is 0. The van der Waals surface area contributed by atoms with E-state index in [2.05, 4.69) is 21.6 Å². The number of fused-ring (bicyclic) bond motifs is 1. The number of carbonyl (C=O) groups excluding carboxylic acids is 1. The minimum absolute atomic E-state index is 0.0395. The minimum Gasteiger partial charge on any atom is -0.353 e. The fourth-order valence-electron chi connectivity index (χ4n) is 1.77. The quantitative estimate of drug-likeness (QED) is 0.871. The first kappa shape index (κ1) is 13.8. The molecule has 5 heteroatoms. The summed E-state index contributed by atoms with van der Waals surface area (Å²) in [6, 6.07) is 6.21. The van der Waals surface area contributed by atoms with E-state index in [1.165, 1.54) is 17.3 Å². The average molecular weight is 275 g/mol. The van der Waals surface area contributed by atoms with Crippen molar-refractivity contribution < 1.29 is 4.79 Å². The van der Waals surface area contributed by atoms with Gasteiger partial charge in [-0.2, -0.15) is 10.2 Å². The summed E-state index contributed by atoms with van der Waals surface area (Å²) in [7, 11) is 0. The molecule has 0 saturated carbocycles. The molecule has 0 saturated heterocycles. The number of nitrogens with zero attached hydrogens (tertiary/aromatic N) is 2. The molecular weight excluding hydrogens is 258 g/mol. The van der Waals surface area contributed by atoms with Crippen LogP contribution in [-0.4, -0.2) is 27.9 Å². The highest BCUT2D eigenvalue weighted by molar-refractivity contribution is 8.00. The van der Waals surface area contributed by atoms with Crippen molar-refractivity contribution in [3.63, 3.8) is 0 Å². The lowest BCUT2D eigenvalue weighted by molar-refractivity contribution is -0.119. The summed E-state index contributed by atoms with van der Waals surface area (Å²) in [6.07, 6.45) is 1.72. The molecule has 4 nitrogen and oxygen atoms in total. The monoisotopic (exact) mass is 275 g/mol. The molecule has 0 atom stereocenters. The number of carbonyl (C=O) groups is 1. The Morgan fingerprint density at radius 2 is 2.21 bits per heavy atom. The topological polar surface area (TPSA) is 54.9 Å². The van der Waals surface area contributed by atoms with Gasteiger partial charge in [-0.25, -0.2) is 0 Å². The van der Waals surface area contributed by atoms with Crippen molar-refractivity contribution in [1.29, 1.82) is 0 Å². The highest BCUT2D eigenvalue weighted by Crippen LogP contribution is 2.26. The van der Waals surface area contributed by atoms with Gasteiger partial charge in [0.05, 0.1) is 17.5 Å². The maximum absolute atomic E-state index is 11.7. The van der Waals surface area contributed by atoms with Gasteiger partial charge in [0.25, 0.3) is 0 Å². The third kappa shape index (κ3) is 3.67. The van der Waals surface area contributed by atoms with Gasteiger partial charge in [-0.1, -0.05) is 11.6 Å². The largest absolute Gasteiger partial charge is 0.353 e. The van der Waals surface area contributed by atoms with Crippen LogP contribution in [0.5, 0.6) is 0 Å². The second-order valence-corrected chi connectivity index (χ2v) is 5.76. The third-order valence-electron chi connectivity index (χ3n) is 2.57. The van der Waals surface area contributed by atoms with E-state index in [1.54, 1.807) is 6.20 Å². The van der Waals surface area contributed by atoms with Crippen molar-refractivity contribution >= 4 is 28.6 Å². The second kappa shape index (κ2) is 6.02. The zero-order valence-electron chi connectivity index (χ0n) is 11.3. The van der Waals surface area contributed by atoms with Gasteiger partial charge < -0.3 is 5.32 Å². The summed E-state index contributed by atoms with van der Waals surface area (Å²) in [5, 5.41) is 12.0. The van der Waals surface area contributed by atoms with E-state index in [-0.39, 0.29) is 11.9 Å². The van der Waals surface area contributed by atoms with Gasteiger partial charge in [-0.3, -0.25) is 4.79 Å². The molecule has 19 heavy (non-hydrogen) atoms. The molecule has 0 aliphatic rings. The molecule has 1 aromatic heterocycles. The first-order chi connectivity index (χ1) is 9.06. The van der Waals surface area contributed by atoms with Crippen LogP contribution in [0.1, 0.15) is 19.4 Å². The molecule has 1 N–H and O–H groups in total. The lowest BCUT2D eigenvalue weighted by Crippen LogP contribution is -2.31. The molecule has 0 spiro atoms. The molecule has 0 aliphatic carbocycles. The van der Waals surface area contributed by atoms with E-state index in [0.29, 0.717) is 5.75 Å². The molecule has 0 fully saturated rings. The fourth-order valence-corrected chi connectivity index (χ4v) is 2.58. The van der Waals surface area contributed by atoms with Gasteiger partial charge in [0, 0.05) is 16.3 Å². The molecular formula is C14H17N3OS. The first-order valence-corrected chi connectivity index (χ1v) is 7.19. The first-order valence-electron chi connectivity index (χ1n) is 6.20. The Labute approximate surface area is 117 Å². The van der Waals surface area contributed by atoms with Crippen LogP contribution in [0.2, 0.25) is 0 Å². The number of thioether (sulfide) groups is 1. The van der Waals surface area contributed by atoms with Crippen molar-refractivity contribution in [1.82, 2.24) is 15.5 Å². The van der Waals surface area contributed by atoms with Gasteiger partial charge >= 0.3 is 0 Å². The van der Waals surface area contributed by atoms with Gasteiger partial charge in [0.15, 0.2) is 0 Å². The van der Waals surface area contributed by atoms with Crippen LogP contribution in [0.15, 0.2) is 29.3 Å². The Balaban J connectivity index is 2.16. The molecule has 100 valence electrons. The number of hydrogen-bond acceptors (Lipinski definition) is 4. The average Bonchev–Trinajstić information content (AvgIpc) is 2.35. The van der Waals surface area contributed by atoms with Crippen molar-refractivity contribution in [2.45, 2.75) is 31.7 Å². The molecule has 0 radical (unpaired) electrons. The van der Waals surface area contributed by atoms with Crippen molar-refractivity contribution in [3.05, 3.63) is 30.0 Å². The molecule has 2 aromatic rings. The number of nitrogens with one attached hydrogen (secondary N) is 1. The summed E-state index contributed by atoms with van der Waals surface area (Å²) in [4.78, 5) is 12.7. The van der Waals surface area contributed by atoms with Gasteiger partial charge in [0.2, 0.25) is 5.91 Å². The fraction of sp³-hybridized carbons (Fsp3) is 0.357. The van der Waals surface area contributed by atoms with Crippen LogP contribution >= 0.6 is 11.8 Å². The number of amides is 1. The zero-order valence-corrected chi connectivity index (χ0v) is 12.1. The summed E-state index contributed by atoms with van der Waals surface area (Å²) in [6.45, 7) is 5.95. The standard InChI is InChI=1S/C14H17N3OS/c1-9(2)16-14(18)8-19-13-7-15-17-12-5-4-10(3)6-11(12)13/h4-7,9H,8H2,1-3H3,(H,16,18). The highest BCUT2D eigenvalue weighted by atomic mass is 32.2. The summed E-state index contributed by atoms with van der Waals surface area (Å²) in [5.74, 6) is 0.435.